The molecule has 0 saturated heterocycles. The molecule has 0 aliphatic rings. The lowest BCUT2D eigenvalue weighted by atomic mass is 10.1. The summed E-state index contributed by atoms with van der Waals surface area (Å²) in [7, 11) is 0. The fraction of sp³-hybridized carbons (Fsp3) is 0.167. The Bertz CT molecular complexity index is 1610. The van der Waals surface area contributed by atoms with Gasteiger partial charge in [0.15, 0.2) is 5.65 Å². The van der Waals surface area contributed by atoms with E-state index in [1.807, 2.05) is 73.7 Å². The third kappa shape index (κ3) is 6.15. The normalized spacial score (nSPS) is 11.9. The van der Waals surface area contributed by atoms with Crippen molar-refractivity contribution in [1.82, 2.24) is 25.3 Å². The number of nitrogens with two attached hydrogens (primary N) is 1. The first-order chi connectivity index (χ1) is 18.9. The third-order valence-corrected chi connectivity index (χ3v) is 7.33. The molecule has 196 valence electrons. The van der Waals surface area contributed by atoms with Crippen molar-refractivity contribution < 1.29 is 4.79 Å². The monoisotopic (exact) mass is 535 g/mol. The van der Waals surface area contributed by atoms with E-state index in [1.165, 1.54) is 6.33 Å². The van der Waals surface area contributed by atoms with Crippen LogP contribution in [0.4, 0.5) is 17.2 Å². The van der Waals surface area contributed by atoms with Gasteiger partial charge in [0.25, 0.3) is 5.91 Å². The summed E-state index contributed by atoms with van der Waals surface area (Å²) in [6.45, 7) is 6.13. The van der Waals surface area contributed by atoms with Gasteiger partial charge in [-0.05, 0) is 79.1 Å². The number of carbonyl (C=O) groups excluding carboxylic acids is 1. The molecule has 0 bridgehead atoms. The van der Waals surface area contributed by atoms with Crippen molar-refractivity contribution in [3.63, 3.8) is 0 Å². The number of fused-ring (bicyclic) bond motifs is 1. The van der Waals surface area contributed by atoms with Crippen molar-refractivity contribution in [3.05, 3.63) is 102 Å². The van der Waals surface area contributed by atoms with Gasteiger partial charge in [0.2, 0.25) is 0 Å². The lowest BCUT2D eigenvalue weighted by Crippen LogP contribution is -2.26. The van der Waals surface area contributed by atoms with Crippen molar-refractivity contribution in [3.8, 4) is 0 Å². The molecule has 5 aromatic rings. The van der Waals surface area contributed by atoms with Crippen LogP contribution in [0.2, 0.25) is 0 Å². The molecular formula is C30H29N7OS. The molecule has 3 heterocycles. The summed E-state index contributed by atoms with van der Waals surface area (Å²) in [5.74, 6) is 0.713. The largest absolute Gasteiger partial charge is 0.399 e. The molecule has 1 unspecified atom stereocenters. The van der Waals surface area contributed by atoms with Gasteiger partial charge in [0.05, 0.1) is 17.1 Å². The van der Waals surface area contributed by atoms with Gasteiger partial charge in [-0.25, -0.2) is 15.0 Å². The Morgan fingerprint density at radius 2 is 1.79 bits per heavy atom. The zero-order valence-electron chi connectivity index (χ0n) is 21.9. The molecule has 0 aliphatic carbocycles. The molecule has 9 heteroatoms. The Morgan fingerprint density at radius 1 is 0.974 bits per heavy atom. The highest BCUT2D eigenvalue weighted by atomic mass is 32.2. The number of nitrogen functional groups attached to an aromatic ring is 1. The van der Waals surface area contributed by atoms with Gasteiger partial charge in [-0.1, -0.05) is 31.7 Å². The maximum Gasteiger partial charge on any atom is 0.251 e. The summed E-state index contributed by atoms with van der Waals surface area (Å²) in [4.78, 5) is 32.9. The minimum atomic E-state index is -0.196. The predicted molar refractivity (Wildman–Crippen MR) is 156 cm³/mol. The highest BCUT2D eigenvalue weighted by Crippen LogP contribution is 2.37. The van der Waals surface area contributed by atoms with Crippen LogP contribution in [0.3, 0.4) is 0 Å². The number of anilines is 3. The van der Waals surface area contributed by atoms with Gasteiger partial charge in [-0.15, -0.1) is 0 Å². The minimum absolute atomic E-state index is 0.186. The molecule has 0 radical (unpaired) electrons. The van der Waals surface area contributed by atoms with Gasteiger partial charge in [-0.3, -0.25) is 9.78 Å². The number of amides is 1. The third-order valence-electron chi connectivity index (χ3n) is 6.24. The van der Waals surface area contributed by atoms with Crippen LogP contribution >= 0.6 is 11.8 Å². The SMILES string of the molecule is CC(C)c1ccc2c(Nc3cc(C(=O)NC(C)c4cccnc4)ccc3Sc3ccc(N)cc3)ncnc2n1. The number of nitrogens with zero attached hydrogens (tertiary/aromatic N) is 4. The van der Waals surface area contributed by atoms with E-state index in [0.717, 1.165) is 32.1 Å². The number of aromatic nitrogens is 4. The molecule has 8 nitrogen and oxygen atoms in total. The lowest BCUT2D eigenvalue weighted by molar-refractivity contribution is 0.0940. The minimum Gasteiger partial charge on any atom is -0.399 e. The standard InChI is InChI=1S/C30H29N7OS/c1-18(2)25-12-11-24-28(36-25)33-17-34-29(24)37-26-15-20(30(38)35-19(3)21-5-4-14-32-16-21)6-13-27(26)39-23-9-7-22(31)8-10-23/h4-19H,31H2,1-3H3,(H,35,38)(H,33,34,36,37). The molecule has 39 heavy (non-hydrogen) atoms. The Morgan fingerprint density at radius 3 is 2.54 bits per heavy atom. The second-order valence-corrected chi connectivity index (χ2v) is 10.6. The fourth-order valence-corrected chi connectivity index (χ4v) is 4.90. The maximum atomic E-state index is 13.2. The second-order valence-electron chi connectivity index (χ2n) is 9.47. The number of carbonyl (C=O) groups is 1. The van der Waals surface area contributed by atoms with Crippen molar-refractivity contribution in [2.24, 2.45) is 0 Å². The first-order valence-corrected chi connectivity index (χ1v) is 13.5. The number of pyridine rings is 2. The van der Waals surface area contributed by atoms with Gasteiger partial charge in [0.1, 0.15) is 12.1 Å². The van der Waals surface area contributed by atoms with E-state index in [0.29, 0.717) is 22.7 Å². The van der Waals surface area contributed by atoms with E-state index >= 15 is 0 Å². The van der Waals surface area contributed by atoms with E-state index in [2.05, 4.69) is 39.4 Å². The highest BCUT2D eigenvalue weighted by molar-refractivity contribution is 7.99. The molecule has 4 N–H and O–H groups in total. The van der Waals surface area contributed by atoms with Crippen LogP contribution in [0.5, 0.6) is 0 Å². The van der Waals surface area contributed by atoms with Crippen LogP contribution in [-0.2, 0) is 0 Å². The number of nitrogens with one attached hydrogen (secondary N) is 2. The van der Waals surface area contributed by atoms with E-state index in [1.54, 1.807) is 24.2 Å². The molecule has 1 atom stereocenters. The first kappa shape index (κ1) is 26.1. The lowest BCUT2D eigenvalue weighted by Gasteiger charge is -2.17. The Labute approximate surface area is 231 Å². The molecule has 3 aromatic heterocycles. The summed E-state index contributed by atoms with van der Waals surface area (Å²) >= 11 is 1.57. The van der Waals surface area contributed by atoms with Crippen LogP contribution in [0.1, 0.15) is 54.3 Å². The zero-order chi connectivity index (χ0) is 27.4. The van der Waals surface area contributed by atoms with E-state index < -0.39 is 0 Å². The molecule has 0 spiro atoms. The summed E-state index contributed by atoms with van der Waals surface area (Å²) in [6, 6.07) is 20.9. The molecule has 0 aliphatic heterocycles. The van der Waals surface area contributed by atoms with Crippen molar-refractivity contribution in [2.75, 3.05) is 11.1 Å². The van der Waals surface area contributed by atoms with Gasteiger partial charge < -0.3 is 16.4 Å². The van der Waals surface area contributed by atoms with Crippen LogP contribution < -0.4 is 16.4 Å². The predicted octanol–water partition coefficient (Wildman–Crippen LogP) is 6.51. The topological polar surface area (TPSA) is 119 Å². The maximum absolute atomic E-state index is 13.2. The van der Waals surface area contributed by atoms with Crippen LogP contribution in [0.15, 0.2) is 95.2 Å². The summed E-state index contributed by atoms with van der Waals surface area (Å²) in [5.41, 5.74) is 10.4. The Hall–Kier alpha value is -4.50. The number of hydrogen-bond donors (Lipinski definition) is 3. The van der Waals surface area contributed by atoms with E-state index in [-0.39, 0.29) is 17.9 Å². The number of rotatable bonds is 8. The van der Waals surface area contributed by atoms with Crippen LogP contribution in [0.25, 0.3) is 11.0 Å². The highest BCUT2D eigenvalue weighted by Gasteiger charge is 2.16. The van der Waals surface area contributed by atoms with E-state index in [9.17, 15) is 4.79 Å². The fourth-order valence-electron chi connectivity index (χ4n) is 4.02. The number of hydrogen-bond acceptors (Lipinski definition) is 8. The molecule has 0 fully saturated rings. The van der Waals surface area contributed by atoms with Crippen LogP contribution in [-0.4, -0.2) is 25.8 Å². The summed E-state index contributed by atoms with van der Waals surface area (Å²) in [6.07, 6.45) is 4.97. The van der Waals surface area contributed by atoms with Crippen molar-refractivity contribution in [2.45, 2.75) is 42.5 Å². The smallest absolute Gasteiger partial charge is 0.251 e. The molecular weight excluding hydrogens is 506 g/mol. The average molecular weight is 536 g/mol. The van der Waals surface area contributed by atoms with Crippen LogP contribution in [0, 0.1) is 0 Å². The Balaban J connectivity index is 1.49. The zero-order valence-corrected chi connectivity index (χ0v) is 22.7. The number of benzene rings is 2. The van der Waals surface area contributed by atoms with E-state index in [4.69, 9.17) is 10.7 Å². The van der Waals surface area contributed by atoms with Gasteiger partial charge in [0, 0.05) is 39.1 Å². The summed E-state index contributed by atoms with van der Waals surface area (Å²) in [5, 5.41) is 7.31. The molecule has 0 saturated carbocycles. The second kappa shape index (κ2) is 11.5. The summed E-state index contributed by atoms with van der Waals surface area (Å²) < 4.78 is 0. The Kier molecular flexibility index (Phi) is 7.69. The molecule has 5 rings (SSSR count). The van der Waals surface area contributed by atoms with Crippen molar-refractivity contribution >= 4 is 45.9 Å². The average Bonchev–Trinajstić information content (AvgIpc) is 2.95. The van der Waals surface area contributed by atoms with Gasteiger partial charge >= 0.3 is 0 Å². The van der Waals surface area contributed by atoms with Gasteiger partial charge in [-0.2, -0.15) is 0 Å². The molecule has 2 aromatic carbocycles. The van der Waals surface area contributed by atoms with Crippen molar-refractivity contribution in [1.29, 1.82) is 0 Å². The first-order valence-electron chi connectivity index (χ1n) is 12.6. The molecule has 1 amide bonds. The quantitative estimate of drug-likeness (QED) is 0.192.